The number of rotatable bonds is 4. The van der Waals surface area contributed by atoms with Crippen LogP contribution in [-0.4, -0.2) is 26.2 Å². The largest absolute Gasteiger partial charge is 0.469 e. The van der Waals surface area contributed by atoms with Gasteiger partial charge in [-0.2, -0.15) is 0 Å². The van der Waals surface area contributed by atoms with E-state index in [1.807, 2.05) is 13.8 Å². The third kappa shape index (κ3) is 2.38. The maximum absolute atomic E-state index is 12.1. The van der Waals surface area contributed by atoms with Crippen LogP contribution in [0.3, 0.4) is 0 Å². The van der Waals surface area contributed by atoms with Gasteiger partial charge < -0.3 is 9.47 Å². The molecule has 1 rings (SSSR count). The zero-order chi connectivity index (χ0) is 13.8. The quantitative estimate of drug-likeness (QED) is 0.726. The molecule has 0 saturated heterocycles. The summed E-state index contributed by atoms with van der Waals surface area (Å²) in [6, 6.07) is 0. The molecular formula is C14H24O4. The van der Waals surface area contributed by atoms with E-state index in [9.17, 15) is 9.59 Å². The van der Waals surface area contributed by atoms with Crippen molar-refractivity contribution in [1.29, 1.82) is 0 Å². The Balaban J connectivity index is 3.05. The second kappa shape index (κ2) is 5.72. The van der Waals surface area contributed by atoms with Crippen LogP contribution in [-0.2, 0) is 19.1 Å². The Morgan fingerprint density at radius 3 is 1.61 bits per heavy atom. The van der Waals surface area contributed by atoms with Gasteiger partial charge in [-0.1, -0.05) is 20.3 Å². The molecule has 2 atom stereocenters. The van der Waals surface area contributed by atoms with Gasteiger partial charge in [-0.15, -0.1) is 0 Å². The first-order chi connectivity index (χ1) is 8.50. The van der Waals surface area contributed by atoms with Crippen LogP contribution >= 0.6 is 0 Å². The summed E-state index contributed by atoms with van der Waals surface area (Å²) in [5.41, 5.74) is -1.03. The molecule has 4 heteroatoms. The lowest BCUT2D eigenvalue weighted by Crippen LogP contribution is -2.46. The minimum Gasteiger partial charge on any atom is -0.469 e. The van der Waals surface area contributed by atoms with E-state index in [1.54, 1.807) is 0 Å². The number of ether oxygens (including phenoxy) is 2. The maximum Gasteiger partial charge on any atom is 0.311 e. The molecule has 104 valence electrons. The van der Waals surface area contributed by atoms with Crippen molar-refractivity contribution in [3.8, 4) is 0 Å². The van der Waals surface area contributed by atoms with Crippen LogP contribution in [0.4, 0.5) is 0 Å². The van der Waals surface area contributed by atoms with Gasteiger partial charge in [0.1, 0.15) is 0 Å². The third-order valence-corrected chi connectivity index (χ3v) is 4.58. The van der Waals surface area contributed by atoms with Crippen molar-refractivity contribution in [3.63, 3.8) is 0 Å². The molecule has 0 aromatic rings. The van der Waals surface area contributed by atoms with Crippen LogP contribution in [0.2, 0.25) is 0 Å². The smallest absolute Gasteiger partial charge is 0.311 e. The van der Waals surface area contributed by atoms with Crippen molar-refractivity contribution in [3.05, 3.63) is 0 Å². The van der Waals surface area contributed by atoms with Crippen molar-refractivity contribution in [2.24, 2.45) is 10.8 Å². The van der Waals surface area contributed by atoms with Gasteiger partial charge in [-0.05, 0) is 32.1 Å². The van der Waals surface area contributed by atoms with Crippen molar-refractivity contribution < 1.29 is 19.1 Å². The highest BCUT2D eigenvalue weighted by atomic mass is 16.5. The molecule has 0 amide bonds. The van der Waals surface area contributed by atoms with E-state index in [4.69, 9.17) is 9.47 Å². The number of methoxy groups -OCH3 is 2. The second-order valence-corrected chi connectivity index (χ2v) is 5.28. The first-order valence-electron chi connectivity index (χ1n) is 6.67. The molecule has 0 radical (unpaired) electrons. The zero-order valence-corrected chi connectivity index (χ0v) is 11.9. The molecule has 0 N–H and O–H groups in total. The van der Waals surface area contributed by atoms with Crippen molar-refractivity contribution in [2.45, 2.75) is 52.4 Å². The molecule has 1 fully saturated rings. The monoisotopic (exact) mass is 256 g/mol. The standard InChI is InChI=1S/C14H24O4/c1-5-13(11(15)17-3)8-7-9-14(6-2,10-13)12(16)18-4/h5-10H2,1-4H3. The van der Waals surface area contributed by atoms with Gasteiger partial charge in [0.25, 0.3) is 0 Å². The molecule has 0 aromatic carbocycles. The average molecular weight is 256 g/mol. The molecule has 4 nitrogen and oxygen atoms in total. The van der Waals surface area contributed by atoms with Crippen LogP contribution in [0, 0.1) is 10.8 Å². The lowest BCUT2D eigenvalue weighted by atomic mass is 9.60. The number of hydrogen-bond donors (Lipinski definition) is 0. The number of carbonyl (C=O) groups is 2. The summed E-state index contributed by atoms with van der Waals surface area (Å²) in [5, 5.41) is 0. The summed E-state index contributed by atoms with van der Waals surface area (Å²) < 4.78 is 9.89. The van der Waals surface area contributed by atoms with Gasteiger partial charge >= 0.3 is 11.9 Å². The lowest BCUT2D eigenvalue weighted by molar-refractivity contribution is -0.167. The SMILES string of the molecule is CCC1(C(=O)OC)CCCC(CC)(C(=O)OC)C1. The lowest BCUT2D eigenvalue weighted by Gasteiger charge is -2.44. The zero-order valence-electron chi connectivity index (χ0n) is 11.9. The maximum atomic E-state index is 12.1. The Kier molecular flexibility index (Phi) is 4.77. The van der Waals surface area contributed by atoms with E-state index in [-0.39, 0.29) is 11.9 Å². The summed E-state index contributed by atoms with van der Waals surface area (Å²) in [6.07, 6.45) is 4.43. The molecule has 0 heterocycles. The Morgan fingerprint density at radius 2 is 1.33 bits per heavy atom. The first-order valence-corrected chi connectivity index (χ1v) is 6.67. The van der Waals surface area contributed by atoms with Gasteiger partial charge in [0.15, 0.2) is 0 Å². The van der Waals surface area contributed by atoms with Crippen molar-refractivity contribution in [1.82, 2.24) is 0 Å². The average Bonchev–Trinajstić information content (AvgIpc) is 2.45. The summed E-state index contributed by atoms with van der Waals surface area (Å²) in [5.74, 6) is -0.377. The predicted molar refractivity (Wildman–Crippen MR) is 67.9 cm³/mol. The van der Waals surface area contributed by atoms with Crippen molar-refractivity contribution in [2.75, 3.05) is 14.2 Å². The minimum atomic E-state index is -0.517. The van der Waals surface area contributed by atoms with E-state index in [0.29, 0.717) is 19.3 Å². The number of hydrogen-bond acceptors (Lipinski definition) is 4. The molecule has 1 saturated carbocycles. The van der Waals surface area contributed by atoms with Crippen molar-refractivity contribution >= 4 is 11.9 Å². The highest BCUT2D eigenvalue weighted by molar-refractivity contribution is 5.81. The molecule has 0 spiro atoms. The molecule has 2 unspecified atom stereocenters. The fourth-order valence-corrected chi connectivity index (χ4v) is 3.26. The molecule has 1 aliphatic carbocycles. The van der Waals surface area contributed by atoms with E-state index < -0.39 is 10.8 Å². The number of carbonyl (C=O) groups excluding carboxylic acids is 2. The first kappa shape index (κ1) is 15.0. The van der Waals surface area contributed by atoms with E-state index in [2.05, 4.69) is 0 Å². The predicted octanol–water partition coefficient (Wildman–Crippen LogP) is 2.70. The normalized spacial score (nSPS) is 31.8. The van der Waals surface area contributed by atoms with Crippen LogP contribution in [0.1, 0.15) is 52.4 Å². The Bertz CT molecular complexity index is 296. The minimum absolute atomic E-state index is 0.188. The highest BCUT2D eigenvalue weighted by Gasteiger charge is 2.52. The second-order valence-electron chi connectivity index (χ2n) is 5.28. The van der Waals surface area contributed by atoms with Gasteiger partial charge in [-0.25, -0.2) is 0 Å². The molecule has 0 aromatic heterocycles. The molecule has 1 aliphatic rings. The van der Waals surface area contributed by atoms with Gasteiger partial charge in [-0.3, -0.25) is 9.59 Å². The summed E-state index contributed by atoms with van der Waals surface area (Å²) in [4.78, 5) is 24.1. The molecule has 18 heavy (non-hydrogen) atoms. The number of esters is 2. The fourth-order valence-electron chi connectivity index (χ4n) is 3.26. The summed E-state index contributed by atoms with van der Waals surface area (Å²) >= 11 is 0. The van der Waals surface area contributed by atoms with Gasteiger partial charge in [0, 0.05) is 0 Å². The van der Waals surface area contributed by atoms with Crippen LogP contribution in [0.5, 0.6) is 0 Å². The van der Waals surface area contributed by atoms with E-state index in [1.165, 1.54) is 14.2 Å². The fraction of sp³-hybridized carbons (Fsp3) is 0.857. The Morgan fingerprint density at radius 1 is 0.944 bits per heavy atom. The van der Waals surface area contributed by atoms with Gasteiger partial charge in [0.2, 0.25) is 0 Å². The molecular weight excluding hydrogens is 232 g/mol. The Hall–Kier alpha value is -1.06. The molecule has 0 bridgehead atoms. The molecule has 0 aliphatic heterocycles. The topological polar surface area (TPSA) is 52.6 Å². The van der Waals surface area contributed by atoms with Crippen LogP contribution < -0.4 is 0 Å². The van der Waals surface area contributed by atoms with E-state index in [0.717, 1.165) is 19.3 Å². The van der Waals surface area contributed by atoms with Gasteiger partial charge in [0.05, 0.1) is 25.0 Å². The highest BCUT2D eigenvalue weighted by Crippen LogP contribution is 2.51. The Labute approximate surface area is 109 Å². The van der Waals surface area contributed by atoms with E-state index >= 15 is 0 Å². The summed E-state index contributed by atoms with van der Waals surface area (Å²) in [6.45, 7) is 3.97. The third-order valence-electron chi connectivity index (χ3n) is 4.58. The van der Waals surface area contributed by atoms with Crippen LogP contribution in [0.25, 0.3) is 0 Å². The van der Waals surface area contributed by atoms with Crippen LogP contribution in [0.15, 0.2) is 0 Å². The summed E-state index contributed by atoms with van der Waals surface area (Å²) in [7, 11) is 2.83.